The van der Waals surface area contributed by atoms with Crippen LogP contribution in [0.4, 0.5) is 4.79 Å². The second-order valence-electron chi connectivity index (χ2n) is 4.41. The number of nitrogens with zero attached hydrogens (tertiary/aromatic N) is 1. The topological polar surface area (TPSA) is 69.6 Å². The van der Waals surface area contributed by atoms with Crippen molar-refractivity contribution in [2.45, 2.75) is 13.5 Å². The molecule has 2 N–H and O–H groups in total. The molecule has 0 saturated heterocycles. The smallest absolute Gasteiger partial charge is 0.317 e. The molecule has 0 bridgehead atoms. The van der Waals surface area contributed by atoms with Crippen LogP contribution in [-0.2, 0) is 11.3 Å². The number of hydrogen-bond acceptors (Lipinski definition) is 2. The van der Waals surface area contributed by atoms with Gasteiger partial charge in [0.2, 0.25) is 0 Å². The minimum atomic E-state index is -0.922. The van der Waals surface area contributed by atoms with Gasteiger partial charge in [0.1, 0.15) is 0 Å². The lowest BCUT2D eigenvalue weighted by Gasteiger charge is -2.20. The molecule has 0 spiro atoms. The predicted octanol–water partition coefficient (Wildman–Crippen LogP) is 2.20. The SMILES string of the molecule is CC(CN(C)C(=O)NCc1cccc(Cl)c1)C(=O)O. The van der Waals surface area contributed by atoms with Crippen molar-refractivity contribution >= 4 is 23.6 Å². The average Bonchev–Trinajstić information content (AvgIpc) is 2.35. The zero-order valence-corrected chi connectivity index (χ0v) is 11.6. The number of hydrogen-bond donors (Lipinski definition) is 2. The number of nitrogens with one attached hydrogen (secondary N) is 1. The molecule has 2 amide bonds. The number of amides is 2. The molecule has 0 radical (unpaired) electrons. The van der Waals surface area contributed by atoms with Gasteiger partial charge in [-0.15, -0.1) is 0 Å². The monoisotopic (exact) mass is 284 g/mol. The average molecular weight is 285 g/mol. The summed E-state index contributed by atoms with van der Waals surface area (Å²) in [6.45, 7) is 2.07. The third-order valence-electron chi connectivity index (χ3n) is 2.65. The maximum absolute atomic E-state index is 11.7. The van der Waals surface area contributed by atoms with E-state index in [1.54, 1.807) is 32.2 Å². The van der Waals surface area contributed by atoms with Crippen LogP contribution in [0.3, 0.4) is 0 Å². The molecule has 1 atom stereocenters. The Kier molecular flexibility index (Phi) is 5.63. The highest BCUT2D eigenvalue weighted by Crippen LogP contribution is 2.10. The number of carboxylic acid groups (broad SMARTS) is 1. The van der Waals surface area contributed by atoms with E-state index in [1.807, 2.05) is 6.07 Å². The molecule has 1 unspecified atom stereocenters. The maximum atomic E-state index is 11.7. The Morgan fingerprint density at radius 3 is 2.74 bits per heavy atom. The summed E-state index contributed by atoms with van der Waals surface area (Å²) < 4.78 is 0. The van der Waals surface area contributed by atoms with Crippen LogP contribution >= 0.6 is 11.6 Å². The molecule has 5 nitrogen and oxygen atoms in total. The summed E-state index contributed by atoms with van der Waals surface area (Å²) in [6, 6.07) is 6.87. The van der Waals surface area contributed by atoms with Crippen LogP contribution in [0.25, 0.3) is 0 Å². The van der Waals surface area contributed by atoms with E-state index in [2.05, 4.69) is 5.32 Å². The van der Waals surface area contributed by atoms with Crippen molar-refractivity contribution in [3.05, 3.63) is 34.9 Å². The van der Waals surface area contributed by atoms with Gasteiger partial charge in [0.15, 0.2) is 0 Å². The number of rotatable bonds is 5. The fourth-order valence-electron chi connectivity index (χ4n) is 1.53. The molecular weight excluding hydrogens is 268 g/mol. The van der Waals surface area contributed by atoms with Gasteiger partial charge in [-0.25, -0.2) is 4.79 Å². The molecule has 0 aromatic heterocycles. The van der Waals surface area contributed by atoms with Crippen molar-refractivity contribution in [2.24, 2.45) is 5.92 Å². The summed E-state index contributed by atoms with van der Waals surface area (Å²) in [5.74, 6) is -1.52. The molecule has 0 aliphatic carbocycles. The molecule has 1 aromatic rings. The Morgan fingerprint density at radius 2 is 2.16 bits per heavy atom. The lowest BCUT2D eigenvalue weighted by molar-refractivity contribution is -0.141. The summed E-state index contributed by atoms with van der Waals surface area (Å²) in [7, 11) is 1.56. The number of carbonyl (C=O) groups is 2. The zero-order valence-electron chi connectivity index (χ0n) is 10.9. The highest BCUT2D eigenvalue weighted by molar-refractivity contribution is 6.30. The fraction of sp³-hybridized carbons (Fsp3) is 0.385. The number of urea groups is 1. The molecule has 0 aliphatic heterocycles. The Labute approximate surface area is 117 Å². The van der Waals surface area contributed by atoms with Crippen molar-refractivity contribution in [2.75, 3.05) is 13.6 Å². The summed E-state index contributed by atoms with van der Waals surface area (Å²) in [4.78, 5) is 23.8. The first-order chi connectivity index (χ1) is 8.90. The van der Waals surface area contributed by atoms with Crippen LogP contribution in [0.15, 0.2) is 24.3 Å². The van der Waals surface area contributed by atoms with E-state index in [0.717, 1.165) is 5.56 Å². The predicted molar refractivity (Wildman–Crippen MR) is 73.1 cm³/mol. The van der Waals surface area contributed by atoms with Crippen molar-refractivity contribution < 1.29 is 14.7 Å². The molecule has 0 aliphatic rings. The van der Waals surface area contributed by atoms with Gasteiger partial charge in [0, 0.05) is 25.2 Å². The Morgan fingerprint density at radius 1 is 1.47 bits per heavy atom. The van der Waals surface area contributed by atoms with E-state index in [0.29, 0.717) is 11.6 Å². The molecule has 0 heterocycles. The molecule has 1 aromatic carbocycles. The van der Waals surface area contributed by atoms with Gasteiger partial charge in [-0.05, 0) is 17.7 Å². The number of aliphatic carboxylic acids is 1. The summed E-state index contributed by atoms with van der Waals surface area (Å²) in [5.41, 5.74) is 0.889. The Hall–Kier alpha value is -1.75. The van der Waals surface area contributed by atoms with Gasteiger partial charge >= 0.3 is 12.0 Å². The van der Waals surface area contributed by atoms with Crippen molar-refractivity contribution in [3.8, 4) is 0 Å². The number of halogens is 1. The number of carbonyl (C=O) groups excluding carboxylic acids is 1. The van der Waals surface area contributed by atoms with E-state index in [1.165, 1.54) is 4.90 Å². The largest absolute Gasteiger partial charge is 0.481 e. The first-order valence-corrected chi connectivity index (χ1v) is 6.24. The lowest BCUT2D eigenvalue weighted by atomic mass is 10.2. The molecule has 1 rings (SSSR count). The molecule has 0 saturated carbocycles. The normalized spacial score (nSPS) is 11.7. The van der Waals surface area contributed by atoms with Crippen molar-refractivity contribution in [1.29, 1.82) is 0 Å². The zero-order chi connectivity index (χ0) is 14.4. The second-order valence-corrected chi connectivity index (χ2v) is 4.84. The van der Waals surface area contributed by atoms with Crippen LogP contribution in [-0.4, -0.2) is 35.6 Å². The second kappa shape index (κ2) is 6.99. The Bertz CT molecular complexity index is 465. The van der Waals surface area contributed by atoms with Gasteiger partial charge in [-0.2, -0.15) is 0 Å². The summed E-state index contributed by atoms with van der Waals surface area (Å²) in [6.07, 6.45) is 0. The van der Waals surface area contributed by atoms with Gasteiger partial charge < -0.3 is 15.3 Å². The minimum absolute atomic E-state index is 0.163. The van der Waals surface area contributed by atoms with Crippen LogP contribution in [0.2, 0.25) is 5.02 Å². The molecule has 6 heteroatoms. The summed E-state index contributed by atoms with van der Waals surface area (Å²) >= 11 is 5.84. The first-order valence-electron chi connectivity index (χ1n) is 5.86. The fourth-order valence-corrected chi connectivity index (χ4v) is 1.74. The van der Waals surface area contributed by atoms with Gasteiger partial charge in [-0.3, -0.25) is 4.79 Å². The summed E-state index contributed by atoms with van der Waals surface area (Å²) in [5, 5.41) is 12.1. The highest BCUT2D eigenvalue weighted by atomic mass is 35.5. The van der Waals surface area contributed by atoms with Gasteiger partial charge in [0.25, 0.3) is 0 Å². The standard InChI is InChI=1S/C13H17ClN2O3/c1-9(12(17)18)8-16(2)13(19)15-7-10-4-3-5-11(14)6-10/h3-6,9H,7-8H2,1-2H3,(H,15,19)(H,17,18). The van der Waals surface area contributed by atoms with Crippen LogP contribution in [0, 0.1) is 5.92 Å². The van der Waals surface area contributed by atoms with E-state index in [9.17, 15) is 9.59 Å². The molecular formula is C13H17ClN2O3. The van der Waals surface area contributed by atoms with Gasteiger partial charge in [0.05, 0.1) is 5.92 Å². The highest BCUT2D eigenvalue weighted by Gasteiger charge is 2.16. The van der Waals surface area contributed by atoms with E-state index in [-0.39, 0.29) is 12.6 Å². The molecule has 19 heavy (non-hydrogen) atoms. The lowest BCUT2D eigenvalue weighted by Crippen LogP contribution is -2.40. The Balaban J connectivity index is 2.44. The molecule has 104 valence electrons. The van der Waals surface area contributed by atoms with E-state index >= 15 is 0 Å². The van der Waals surface area contributed by atoms with E-state index < -0.39 is 11.9 Å². The third-order valence-corrected chi connectivity index (χ3v) is 2.88. The first kappa shape index (κ1) is 15.3. The van der Waals surface area contributed by atoms with Crippen molar-refractivity contribution in [1.82, 2.24) is 10.2 Å². The number of carboxylic acids is 1. The van der Waals surface area contributed by atoms with Crippen LogP contribution in [0.5, 0.6) is 0 Å². The maximum Gasteiger partial charge on any atom is 0.317 e. The minimum Gasteiger partial charge on any atom is -0.481 e. The van der Waals surface area contributed by atoms with Crippen LogP contribution in [0.1, 0.15) is 12.5 Å². The van der Waals surface area contributed by atoms with Crippen LogP contribution < -0.4 is 5.32 Å². The number of benzene rings is 1. The van der Waals surface area contributed by atoms with Gasteiger partial charge in [-0.1, -0.05) is 30.7 Å². The quantitative estimate of drug-likeness (QED) is 0.871. The van der Waals surface area contributed by atoms with Crippen molar-refractivity contribution in [3.63, 3.8) is 0 Å². The third kappa shape index (κ3) is 5.18. The van der Waals surface area contributed by atoms with E-state index in [4.69, 9.17) is 16.7 Å². The molecule has 0 fully saturated rings.